The lowest BCUT2D eigenvalue weighted by Crippen LogP contribution is -2.14. The molecule has 5 heteroatoms. The van der Waals surface area contributed by atoms with Gasteiger partial charge in [0.2, 0.25) is 0 Å². The third kappa shape index (κ3) is 5.43. The number of carbonyl (C=O) groups excluding carboxylic acids is 1. The zero-order chi connectivity index (χ0) is 18.4. The third-order valence-electron chi connectivity index (χ3n) is 3.90. The number of halogens is 1. The van der Waals surface area contributed by atoms with Crippen LogP contribution in [0, 0.1) is 13.8 Å². The maximum absolute atomic E-state index is 12.4. The number of aliphatic imine (C=N–C) groups is 1. The van der Waals surface area contributed by atoms with Crippen molar-refractivity contribution in [1.82, 2.24) is 4.90 Å². The van der Waals surface area contributed by atoms with E-state index in [9.17, 15) is 4.79 Å². The van der Waals surface area contributed by atoms with E-state index in [-0.39, 0.29) is 12.6 Å². The summed E-state index contributed by atoms with van der Waals surface area (Å²) in [6, 6.07) is 11.6. The zero-order valence-corrected chi connectivity index (χ0v) is 16.6. The third-order valence-corrected chi connectivity index (χ3v) is 4.53. The van der Waals surface area contributed by atoms with Gasteiger partial charge in [0.1, 0.15) is 6.61 Å². The molecule has 0 heterocycles. The summed E-state index contributed by atoms with van der Waals surface area (Å²) in [4.78, 5) is 18.8. The fourth-order valence-electron chi connectivity index (χ4n) is 2.14. The quantitative estimate of drug-likeness (QED) is 0.386. The largest absolute Gasteiger partial charge is 0.457 e. The van der Waals surface area contributed by atoms with Crippen LogP contribution in [0.1, 0.15) is 34.0 Å². The average molecular weight is 403 g/mol. The van der Waals surface area contributed by atoms with E-state index in [4.69, 9.17) is 4.74 Å². The molecule has 0 amide bonds. The van der Waals surface area contributed by atoms with Gasteiger partial charge < -0.3 is 9.64 Å². The van der Waals surface area contributed by atoms with Crippen molar-refractivity contribution in [3.8, 4) is 0 Å². The number of rotatable bonds is 6. The minimum absolute atomic E-state index is 0.261. The van der Waals surface area contributed by atoms with Crippen molar-refractivity contribution in [2.45, 2.75) is 27.4 Å². The van der Waals surface area contributed by atoms with Gasteiger partial charge in [0, 0.05) is 18.1 Å². The topological polar surface area (TPSA) is 41.9 Å². The number of ether oxygens (including phenoxy) is 1. The van der Waals surface area contributed by atoms with Crippen molar-refractivity contribution < 1.29 is 9.53 Å². The Morgan fingerprint density at radius 3 is 2.56 bits per heavy atom. The molecule has 0 fully saturated rings. The number of hydrogen-bond acceptors (Lipinski definition) is 3. The molecule has 2 aromatic carbocycles. The van der Waals surface area contributed by atoms with Gasteiger partial charge in [0.25, 0.3) is 0 Å². The van der Waals surface area contributed by atoms with Crippen LogP contribution >= 0.6 is 15.9 Å². The smallest absolute Gasteiger partial charge is 0.338 e. The van der Waals surface area contributed by atoms with Gasteiger partial charge >= 0.3 is 5.97 Å². The Morgan fingerprint density at radius 2 is 1.92 bits per heavy atom. The molecule has 0 spiro atoms. The molecule has 0 atom stereocenters. The highest BCUT2D eigenvalue weighted by Gasteiger charge is 2.14. The maximum Gasteiger partial charge on any atom is 0.338 e. The standard InChI is InChI=1S/C20H23BrN2O2/c1-5-23(4)13-22-19-10-15(3)17(11-18(19)21)20(24)25-12-16-8-6-14(2)7-9-16/h6-11,13H,5,12H2,1-4H3. The number of hydrogen-bond donors (Lipinski definition) is 0. The van der Waals surface area contributed by atoms with E-state index in [2.05, 4.69) is 27.8 Å². The van der Waals surface area contributed by atoms with Crippen LogP contribution in [0.2, 0.25) is 0 Å². The molecule has 4 nitrogen and oxygen atoms in total. The van der Waals surface area contributed by atoms with E-state index in [0.717, 1.165) is 27.8 Å². The second-order valence-corrected chi connectivity index (χ2v) is 6.85. The van der Waals surface area contributed by atoms with Crippen LogP contribution in [0.4, 0.5) is 5.69 Å². The van der Waals surface area contributed by atoms with Gasteiger partial charge in [-0.3, -0.25) is 0 Å². The molecule has 0 saturated carbocycles. The van der Waals surface area contributed by atoms with Crippen molar-refractivity contribution >= 4 is 33.9 Å². The lowest BCUT2D eigenvalue weighted by molar-refractivity contribution is 0.0472. The van der Waals surface area contributed by atoms with Crippen LogP contribution in [0.3, 0.4) is 0 Å². The number of carbonyl (C=O) groups is 1. The molecular formula is C20H23BrN2O2. The van der Waals surface area contributed by atoms with Crippen molar-refractivity contribution in [2.75, 3.05) is 13.6 Å². The SMILES string of the molecule is CCN(C)C=Nc1cc(C)c(C(=O)OCc2ccc(C)cc2)cc1Br. The number of aryl methyl sites for hydroxylation is 2. The summed E-state index contributed by atoms with van der Waals surface area (Å²) in [6.45, 7) is 7.11. The molecular weight excluding hydrogens is 380 g/mol. The molecule has 25 heavy (non-hydrogen) atoms. The van der Waals surface area contributed by atoms with Crippen LogP contribution < -0.4 is 0 Å². The molecule has 2 rings (SSSR count). The minimum atomic E-state index is -0.333. The van der Waals surface area contributed by atoms with Gasteiger partial charge in [-0.2, -0.15) is 0 Å². The molecule has 0 aliphatic carbocycles. The number of nitrogens with zero attached hydrogens (tertiary/aromatic N) is 2. The first-order chi connectivity index (χ1) is 11.9. The average Bonchev–Trinajstić information content (AvgIpc) is 2.61. The molecule has 0 N–H and O–H groups in total. The second-order valence-electron chi connectivity index (χ2n) is 6.00. The van der Waals surface area contributed by atoms with Gasteiger partial charge in [-0.25, -0.2) is 9.79 Å². The molecule has 2 aromatic rings. The van der Waals surface area contributed by atoms with Gasteiger partial charge in [-0.1, -0.05) is 29.8 Å². The Balaban J connectivity index is 2.10. The van der Waals surface area contributed by atoms with E-state index < -0.39 is 0 Å². The summed E-state index contributed by atoms with van der Waals surface area (Å²) in [5.41, 5.74) is 4.32. The van der Waals surface area contributed by atoms with Crippen molar-refractivity contribution in [1.29, 1.82) is 0 Å². The summed E-state index contributed by atoms with van der Waals surface area (Å²) in [6.07, 6.45) is 1.77. The molecule has 132 valence electrons. The lowest BCUT2D eigenvalue weighted by Gasteiger charge is -2.11. The zero-order valence-electron chi connectivity index (χ0n) is 15.0. The van der Waals surface area contributed by atoms with Gasteiger partial charge in [0.05, 0.1) is 17.6 Å². The fraction of sp³-hybridized carbons (Fsp3) is 0.300. The van der Waals surface area contributed by atoms with E-state index >= 15 is 0 Å². The normalized spacial score (nSPS) is 10.9. The van der Waals surface area contributed by atoms with E-state index in [0.29, 0.717) is 5.56 Å². The van der Waals surface area contributed by atoms with Crippen molar-refractivity contribution in [2.24, 2.45) is 4.99 Å². The van der Waals surface area contributed by atoms with Crippen LogP contribution in [0.15, 0.2) is 45.9 Å². The molecule has 0 aliphatic rings. The highest BCUT2D eigenvalue weighted by atomic mass is 79.9. The Kier molecular flexibility index (Phi) is 6.76. The molecule has 0 aromatic heterocycles. The summed E-state index contributed by atoms with van der Waals surface area (Å²) in [5, 5.41) is 0. The minimum Gasteiger partial charge on any atom is -0.457 e. The summed E-state index contributed by atoms with van der Waals surface area (Å²) in [7, 11) is 1.96. The fourth-order valence-corrected chi connectivity index (χ4v) is 2.58. The van der Waals surface area contributed by atoms with Crippen molar-refractivity contribution in [3.63, 3.8) is 0 Å². The van der Waals surface area contributed by atoms with Crippen LogP contribution in [0.5, 0.6) is 0 Å². The van der Waals surface area contributed by atoms with Crippen molar-refractivity contribution in [3.05, 3.63) is 63.1 Å². The molecule has 0 aliphatic heterocycles. The highest BCUT2D eigenvalue weighted by molar-refractivity contribution is 9.10. The molecule has 0 radical (unpaired) electrons. The number of esters is 1. The Morgan fingerprint density at radius 1 is 1.24 bits per heavy atom. The predicted octanol–water partition coefficient (Wildman–Crippen LogP) is 5.03. The predicted molar refractivity (Wildman–Crippen MR) is 106 cm³/mol. The van der Waals surface area contributed by atoms with Gasteiger partial charge in [-0.15, -0.1) is 0 Å². The van der Waals surface area contributed by atoms with E-state index in [1.807, 2.05) is 56.1 Å². The Hall–Kier alpha value is -2.14. The summed E-state index contributed by atoms with van der Waals surface area (Å²) in [5.74, 6) is -0.333. The molecule has 0 unspecified atom stereocenters. The first-order valence-electron chi connectivity index (χ1n) is 8.18. The van der Waals surface area contributed by atoms with Crippen LogP contribution in [0.25, 0.3) is 0 Å². The Bertz CT molecular complexity index is 770. The van der Waals surface area contributed by atoms with E-state index in [1.54, 1.807) is 12.4 Å². The molecule has 0 bridgehead atoms. The maximum atomic E-state index is 12.4. The first-order valence-corrected chi connectivity index (χ1v) is 8.97. The summed E-state index contributed by atoms with van der Waals surface area (Å²) >= 11 is 3.49. The summed E-state index contributed by atoms with van der Waals surface area (Å²) < 4.78 is 6.20. The van der Waals surface area contributed by atoms with E-state index in [1.165, 1.54) is 5.56 Å². The first kappa shape index (κ1) is 19.2. The van der Waals surface area contributed by atoms with Crippen LogP contribution in [-0.4, -0.2) is 30.8 Å². The Labute approximate surface area is 157 Å². The van der Waals surface area contributed by atoms with Gasteiger partial charge in [-0.05, 0) is 60.0 Å². The highest BCUT2D eigenvalue weighted by Crippen LogP contribution is 2.29. The van der Waals surface area contributed by atoms with Crippen LogP contribution in [-0.2, 0) is 11.3 Å². The number of benzene rings is 2. The molecule has 0 saturated heterocycles. The lowest BCUT2D eigenvalue weighted by atomic mass is 10.1. The van der Waals surface area contributed by atoms with Gasteiger partial charge in [0.15, 0.2) is 0 Å². The second kappa shape index (κ2) is 8.81. The monoisotopic (exact) mass is 402 g/mol.